The predicted octanol–water partition coefficient (Wildman–Crippen LogP) is 4.02. The van der Waals surface area contributed by atoms with Crippen LogP contribution >= 0.6 is 0 Å². The molecular weight excluding hydrogens is 151 g/mol. The smallest absolute Gasteiger partial charge is 0.122 e. The van der Waals surface area contributed by atoms with E-state index in [0.717, 1.165) is 12.0 Å². The highest BCUT2D eigenvalue weighted by molar-refractivity contribution is 5.24. The van der Waals surface area contributed by atoms with Gasteiger partial charge in [-0.1, -0.05) is 26.5 Å². The van der Waals surface area contributed by atoms with Gasteiger partial charge in [0.05, 0.1) is 0 Å². The van der Waals surface area contributed by atoms with Crippen molar-refractivity contribution in [2.45, 2.75) is 27.2 Å². The average Bonchev–Trinajstić information content (AvgIpc) is 2.02. The fraction of sp³-hybridized carbons (Fsp3) is 0.455. The fourth-order valence-electron chi connectivity index (χ4n) is 0.968. The van der Waals surface area contributed by atoms with Crippen LogP contribution in [0.4, 0.5) is 4.39 Å². The van der Waals surface area contributed by atoms with Gasteiger partial charge in [-0.3, -0.25) is 0 Å². The van der Waals surface area contributed by atoms with Gasteiger partial charge in [0, 0.05) is 0 Å². The number of hydrogen-bond acceptors (Lipinski definition) is 0. The van der Waals surface area contributed by atoms with Crippen molar-refractivity contribution in [3.63, 3.8) is 0 Å². The zero-order valence-electron chi connectivity index (χ0n) is 8.10. The van der Waals surface area contributed by atoms with Gasteiger partial charge in [0.25, 0.3) is 0 Å². The summed E-state index contributed by atoms with van der Waals surface area (Å²) in [5.41, 5.74) is 1.03. The Kier molecular flexibility index (Phi) is 5.35. The lowest BCUT2D eigenvalue weighted by Gasteiger charge is -2.04. The highest BCUT2D eigenvalue weighted by Crippen LogP contribution is 2.14. The van der Waals surface area contributed by atoms with Gasteiger partial charge in [0.1, 0.15) is 5.83 Å². The first-order valence-electron chi connectivity index (χ1n) is 4.25. The van der Waals surface area contributed by atoms with E-state index in [4.69, 9.17) is 0 Å². The Morgan fingerprint density at radius 1 is 1.50 bits per heavy atom. The van der Waals surface area contributed by atoms with Gasteiger partial charge in [-0.15, -0.1) is 0 Å². The first-order valence-corrected chi connectivity index (χ1v) is 4.25. The molecule has 0 aliphatic carbocycles. The van der Waals surface area contributed by atoms with E-state index < -0.39 is 0 Å². The van der Waals surface area contributed by atoms with Gasteiger partial charge in [0.2, 0.25) is 0 Å². The summed E-state index contributed by atoms with van der Waals surface area (Å²) in [5.74, 6) is 0.300. The normalized spacial score (nSPS) is 13.8. The van der Waals surface area contributed by atoms with E-state index in [1.54, 1.807) is 0 Å². The summed E-state index contributed by atoms with van der Waals surface area (Å²) in [6.45, 7) is 9.51. The molecule has 0 nitrogen and oxygen atoms in total. The largest absolute Gasteiger partial charge is 0.207 e. The lowest BCUT2D eigenvalue weighted by molar-refractivity contribution is 0.637. The molecule has 0 atom stereocenters. The summed E-state index contributed by atoms with van der Waals surface area (Å²) in [7, 11) is 0. The molecule has 0 saturated carbocycles. The summed E-state index contributed by atoms with van der Waals surface area (Å²) in [6, 6.07) is 0. The maximum atomic E-state index is 12.7. The van der Waals surface area contributed by atoms with Crippen molar-refractivity contribution in [3.8, 4) is 0 Å². The molecule has 0 aromatic carbocycles. The number of allylic oxidation sites excluding steroid dienone is 5. The van der Waals surface area contributed by atoms with Crippen LogP contribution < -0.4 is 0 Å². The first kappa shape index (κ1) is 11.2. The van der Waals surface area contributed by atoms with Crippen LogP contribution in [0.5, 0.6) is 0 Å². The van der Waals surface area contributed by atoms with Crippen molar-refractivity contribution in [2.24, 2.45) is 5.92 Å². The second-order valence-corrected chi connectivity index (χ2v) is 3.19. The Morgan fingerprint density at radius 2 is 2.08 bits per heavy atom. The Hall–Kier alpha value is -0.850. The van der Waals surface area contributed by atoms with Crippen molar-refractivity contribution in [1.29, 1.82) is 0 Å². The molecule has 0 rings (SSSR count). The highest BCUT2D eigenvalue weighted by Gasteiger charge is 1.98. The third-order valence-corrected chi connectivity index (χ3v) is 1.53. The van der Waals surface area contributed by atoms with Gasteiger partial charge in [0.15, 0.2) is 0 Å². The van der Waals surface area contributed by atoms with Crippen LogP contribution in [-0.4, -0.2) is 0 Å². The van der Waals surface area contributed by atoms with Gasteiger partial charge < -0.3 is 0 Å². The first-order chi connectivity index (χ1) is 5.60. The second kappa shape index (κ2) is 5.76. The van der Waals surface area contributed by atoms with Gasteiger partial charge in [-0.25, -0.2) is 4.39 Å². The number of hydrogen-bond donors (Lipinski definition) is 0. The molecule has 0 unspecified atom stereocenters. The van der Waals surface area contributed by atoms with Crippen LogP contribution in [0.3, 0.4) is 0 Å². The molecule has 0 aliphatic rings. The SMILES string of the molecule is C=C/C(F)=C\C(=C/C)CC(C)C. The van der Waals surface area contributed by atoms with Crippen molar-refractivity contribution < 1.29 is 4.39 Å². The van der Waals surface area contributed by atoms with Crippen molar-refractivity contribution in [1.82, 2.24) is 0 Å². The Morgan fingerprint density at radius 3 is 2.42 bits per heavy atom. The summed E-state index contributed by atoms with van der Waals surface area (Å²) in [6.07, 6.45) is 5.61. The molecule has 0 radical (unpaired) electrons. The lowest BCUT2D eigenvalue weighted by atomic mass is 10.0. The quantitative estimate of drug-likeness (QED) is 0.556. The number of halogens is 1. The van der Waals surface area contributed by atoms with E-state index in [-0.39, 0.29) is 5.83 Å². The minimum absolute atomic E-state index is 0.260. The molecule has 1 heteroatoms. The van der Waals surface area contributed by atoms with Gasteiger partial charge >= 0.3 is 0 Å². The molecule has 0 saturated heterocycles. The molecule has 12 heavy (non-hydrogen) atoms. The maximum Gasteiger partial charge on any atom is 0.122 e. The molecule has 0 bridgehead atoms. The van der Waals surface area contributed by atoms with Crippen molar-refractivity contribution in [2.75, 3.05) is 0 Å². The Balaban J connectivity index is 4.29. The summed E-state index contributed by atoms with van der Waals surface area (Å²) >= 11 is 0. The van der Waals surface area contributed by atoms with E-state index >= 15 is 0 Å². The highest BCUT2D eigenvalue weighted by atomic mass is 19.1. The average molecular weight is 168 g/mol. The monoisotopic (exact) mass is 168 g/mol. The van der Waals surface area contributed by atoms with Gasteiger partial charge in [-0.2, -0.15) is 0 Å². The lowest BCUT2D eigenvalue weighted by Crippen LogP contribution is -1.89. The van der Waals surface area contributed by atoms with Crippen molar-refractivity contribution in [3.05, 3.63) is 36.2 Å². The molecule has 68 valence electrons. The molecule has 0 aromatic rings. The fourth-order valence-corrected chi connectivity index (χ4v) is 0.968. The Bertz CT molecular complexity index is 197. The molecule has 0 aliphatic heterocycles. The van der Waals surface area contributed by atoms with E-state index in [9.17, 15) is 4.39 Å². The summed E-state index contributed by atoms with van der Waals surface area (Å²) < 4.78 is 12.7. The summed E-state index contributed by atoms with van der Waals surface area (Å²) in [4.78, 5) is 0. The summed E-state index contributed by atoms with van der Waals surface area (Å²) in [5, 5.41) is 0. The van der Waals surface area contributed by atoms with E-state index in [1.807, 2.05) is 13.0 Å². The van der Waals surface area contributed by atoms with E-state index in [2.05, 4.69) is 20.4 Å². The van der Waals surface area contributed by atoms with Crippen LogP contribution in [-0.2, 0) is 0 Å². The number of rotatable bonds is 4. The topological polar surface area (TPSA) is 0 Å². The van der Waals surface area contributed by atoms with E-state index in [1.165, 1.54) is 12.2 Å². The van der Waals surface area contributed by atoms with Crippen LogP contribution in [0.2, 0.25) is 0 Å². The minimum atomic E-state index is -0.260. The molecule has 0 N–H and O–H groups in total. The Labute approximate surface area is 74.5 Å². The standard InChI is InChI=1S/C11H17F/c1-5-10(7-9(3)4)8-11(12)6-2/h5-6,8-9H,2,7H2,1,3-4H3/b10-5-,11-8+. The third kappa shape index (κ3) is 4.89. The molecule has 0 fully saturated rings. The van der Waals surface area contributed by atoms with Crippen LogP contribution in [0.1, 0.15) is 27.2 Å². The molecular formula is C11H17F. The molecule has 0 heterocycles. The minimum Gasteiger partial charge on any atom is -0.207 e. The third-order valence-electron chi connectivity index (χ3n) is 1.53. The molecule has 0 amide bonds. The predicted molar refractivity (Wildman–Crippen MR) is 52.6 cm³/mol. The molecule has 0 spiro atoms. The van der Waals surface area contributed by atoms with Gasteiger partial charge in [-0.05, 0) is 37.0 Å². The zero-order valence-corrected chi connectivity index (χ0v) is 8.10. The van der Waals surface area contributed by atoms with Crippen LogP contribution in [0.15, 0.2) is 36.2 Å². The van der Waals surface area contributed by atoms with E-state index in [0.29, 0.717) is 5.92 Å². The van der Waals surface area contributed by atoms with Crippen LogP contribution in [0, 0.1) is 5.92 Å². The zero-order chi connectivity index (χ0) is 9.56. The molecule has 0 aromatic heterocycles. The van der Waals surface area contributed by atoms with Crippen LogP contribution in [0.25, 0.3) is 0 Å². The van der Waals surface area contributed by atoms with Crippen molar-refractivity contribution >= 4 is 0 Å². The maximum absolute atomic E-state index is 12.7. The second-order valence-electron chi connectivity index (χ2n) is 3.19.